The molecule has 0 saturated carbocycles. The van der Waals surface area contributed by atoms with Crippen LogP contribution in [0.2, 0.25) is 0 Å². The summed E-state index contributed by atoms with van der Waals surface area (Å²) in [7, 11) is 1.64. The summed E-state index contributed by atoms with van der Waals surface area (Å²) >= 11 is 0. The van der Waals surface area contributed by atoms with E-state index in [-0.39, 0.29) is 6.42 Å². The van der Waals surface area contributed by atoms with Gasteiger partial charge >= 0.3 is 5.97 Å². The van der Waals surface area contributed by atoms with Gasteiger partial charge in [0.1, 0.15) is 6.10 Å². The number of hydroxylamine groups is 2. The molecule has 0 unspecified atom stereocenters. The van der Waals surface area contributed by atoms with Crippen LogP contribution in [0.1, 0.15) is 23.7 Å². The van der Waals surface area contributed by atoms with Gasteiger partial charge in [0.15, 0.2) is 0 Å². The first-order valence-corrected chi connectivity index (χ1v) is 7.43. The van der Waals surface area contributed by atoms with E-state index >= 15 is 0 Å². The van der Waals surface area contributed by atoms with Gasteiger partial charge in [0.2, 0.25) is 0 Å². The fourth-order valence-corrected chi connectivity index (χ4v) is 2.24. The smallest absolute Gasteiger partial charge is 0.327 e. The lowest BCUT2D eigenvalue weighted by Crippen LogP contribution is -2.28. The van der Waals surface area contributed by atoms with Crippen LogP contribution in [0.3, 0.4) is 0 Å². The summed E-state index contributed by atoms with van der Waals surface area (Å²) in [4.78, 5) is 17.0. The predicted molar refractivity (Wildman–Crippen MR) is 86.0 cm³/mol. The minimum absolute atomic E-state index is 0.283. The first-order chi connectivity index (χ1) is 11.1. The van der Waals surface area contributed by atoms with Crippen molar-refractivity contribution in [3.63, 3.8) is 0 Å². The summed E-state index contributed by atoms with van der Waals surface area (Å²) < 4.78 is 0. The fourth-order valence-electron chi connectivity index (χ4n) is 2.24. The molecule has 2 aromatic carbocycles. The highest BCUT2D eigenvalue weighted by molar-refractivity contribution is 5.69. The van der Waals surface area contributed by atoms with E-state index in [1.54, 1.807) is 31.3 Å². The zero-order valence-corrected chi connectivity index (χ0v) is 13.0. The Kier molecular flexibility index (Phi) is 6.29. The van der Waals surface area contributed by atoms with Crippen molar-refractivity contribution in [2.24, 2.45) is 0 Å². The molecule has 2 N–H and O–H groups in total. The van der Waals surface area contributed by atoms with Gasteiger partial charge in [0.05, 0.1) is 19.1 Å². The van der Waals surface area contributed by atoms with Gasteiger partial charge in [0, 0.05) is 7.05 Å². The maximum Gasteiger partial charge on any atom is 0.327 e. The number of rotatable bonds is 7. The van der Waals surface area contributed by atoms with Crippen LogP contribution < -0.4 is 0 Å². The Morgan fingerprint density at radius 3 is 2.22 bits per heavy atom. The van der Waals surface area contributed by atoms with Gasteiger partial charge in [-0.3, -0.25) is 4.79 Å². The zero-order valence-electron chi connectivity index (χ0n) is 13.0. The molecule has 5 heteroatoms. The van der Waals surface area contributed by atoms with Crippen molar-refractivity contribution in [3.05, 3.63) is 71.8 Å². The highest BCUT2D eigenvalue weighted by Gasteiger charge is 2.23. The van der Waals surface area contributed by atoms with Crippen molar-refractivity contribution in [2.45, 2.75) is 25.2 Å². The van der Waals surface area contributed by atoms with E-state index in [9.17, 15) is 15.0 Å². The summed E-state index contributed by atoms with van der Waals surface area (Å²) in [6, 6.07) is 18.3. The van der Waals surface area contributed by atoms with Gasteiger partial charge in [-0.25, -0.2) is 0 Å². The first-order valence-electron chi connectivity index (χ1n) is 7.43. The molecule has 122 valence electrons. The van der Waals surface area contributed by atoms with Crippen molar-refractivity contribution in [1.82, 2.24) is 5.06 Å². The van der Waals surface area contributed by atoms with Crippen molar-refractivity contribution in [1.29, 1.82) is 0 Å². The van der Waals surface area contributed by atoms with E-state index in [0.29, 0.717) is 12.1 Å². The summed E-state index contributed by atoms with van der Waals surface area (Å²) in [5, 5.41) is 21.4. The van der Waals surface area contributed by atoms with E-state index in [1.807, 2.05) is 36.4 Å². The lowest BCUT2D eigenvalue weighted by atomic mass is 10.0. The standard InChI is InChI=1S/C18H21NO4/c1-19(13-14-8-4-2-5-9-14)23-17(21)12-16(20)18(22)15-10-6-3-7-11-15/h2-11,16,18,20,22H,12-13H2,1H3/t16-,18-/m1/s1. The molecule has 2 rings (SSSR count). The van der Waals surface area contributed by atoms with Gasteiger partial charge in [-0.1, -0.05) is 60.7 Å². The van der Waals surface area contributed by atoms with E-state index < -0.39 is 18.2 Å². The van der Waals surface area contributed by atoms with Crippen LogP contribution in [0.4, 0.5) is 0 Å². The molecule has 0 amide bonds. The number of hydrogen-bond donors (Lipinski definition) is 2. The highest BCUT2D eigenvalue weighted by Crippen LogP contribution is 2.19. The number of nitrogens with zero attached hydrogens (tertiary/aromatic N) is 1. The lowest BCUT2D eigenvalue weighted by molar-refractivity contribution is -0.190. The van der Waals surface area contributed by atoms with Gasteiger partial charge in [-0.15, -0.1) is 5.06 Å². The van der Waals surface area contributed by atoms with Crippen molar-refractivity contribution in [3.8, 4) is 0 Å². The molecule has 5 nitrogen and oxygen atoms in total. The third kappa shape index (κ3) is 5.49. The van der Waals surface area contributed by atoms with E-state index in [2.05, 4.69) is 0 Å². The topological polar surface area (TPSA) is 70.0 Å². The number of carbonyl (C=O) groups excluding carboxylic acids is 1. The van der Waals surface area contributed by atoms with Gasteiger partial charge < -0.3 is 15.1 Å². The monoisotopic (exact) mass is 315 g/mol. The van der Waals surface area contributed by atoms with Gasteiger partial charge in [-0.05, 0) is 11.1 Å². The number of aliphatic hydroxyl groups is 2. The van der Waals surface area contributed by atoms with Crippen LogP contribution in [-0.2, 0) is 16.2 Å². The quantitative estimate of drug-likeness (QED) is 0.765. The maximum atomic E-state index is 11.9. The largest absolute Gasteiger partial charge is 0.389 e. The summed E-state index contributed by atoms with van der Waals surface area (Å²) in [6.45, 7) is 0.448. The number of carbonyl (C=O) groups is 1. The third-order valence-corrected chi connectivity index (χ3v) is 3.39. The summed E-state index contributed by atoms with van der Waals surface area (Å²) in [5.74, 6) is -0.592. The Balaban J connectivity index is 1.82. The fraction of sp³-hybridized carbons (Fsp3) is 0.278. The van der Waals surface area contributed by atoms with Crippen LogP contribution in [0.15, 0.2) is 60.7 Å². The molecule has 0 spiro atoms. The molecule has 0 radical (unpaired) electrons. The molecule has 0 bridgehead atoms. The van der Waals surface area contributed by atoms with Crippen LogP contribution in [0.5, 0.6) is 0 Å². The molecule has 2 atom stereocenters. The normalized spacial score (nSPS) is 13.6. The van der Waals surface area contributed by atoms with Crippen molar-refractivity contribution in [2.75, 3.05) is 7.05 Å². The summed E-state index contributed by atoms with van der Waals surface area (Å²) in [5.41, 5.74) is 1.57. The van der Waals surface area contributed by atoms with Crippen LogP contribution in [-0.4, -0.2) is 34.4 Å². The molecule has 0 heterocycles. The van der Waals surface area contributed by atoms with E-state index in [1.165, 1.54) is 5.06 Å². The molecular weight excluding hydrogens is 294 g/mol. The SMILES string of the molecule is CN(Cc1ccccc1)OC(=O)C[C@@H](O)[C@H](O)c1ccccc1. The van der Waals surface area contributed by atoms with Crippen molar-refractivity contribution >= 4 is 5.97 Å². The predicted octanol–water partition coefficient (Wildman–Crippen LogP) is 2.06. The van der Waals surface area contributed by atoms with E-state index in [0.717, 1.165) is 5.56 Å². The molecule has 0 fully saturated rings. The van der Waals surface area contributed by atoms with E-state index in [4.69, 9.17) is 4.84 Å². The first kappa shape index (κ1) is 17.1. The molecule has 23 heavy (non-hydrogen) atoms. The van der Waals surface area contributed by atoms with Crippen LogP contribution in [0.25, 0.3) is 0 Å². The Morgan fingerprint density at radius 2 is 1.61 bits per heavy atom. The zero-order chi connectivity index (χ0) is 16.7. The molecule has 0 aliphatic heterocycles. The highest BCUT2D eigenvalue weighted by atomic mass is 16.7. The second-order valence-electron chi connectivity index (χ2n) is 5.36. The Hall–Kier alpha value is -2.21. The van der Waals surface area contributed by atoms with Gasteiger partial charge in [-0.2, -0.15) is 0 Å². The average Bonchev–Trinajstić information content (AvgIpc) is 2.55. The molecule has 0 aromatic heterocycles. The summed E-state index contributed by atoms with van der Waals surface area (Å²) in [6.07, 6.45) is -2.62. The minimum atomic E-state index is -1.21. The second-order valence-corrected chi connectivity index (χ2v) is 5.36. The molecule has 0 aliphatic rings. The molecular formula is C18H21NO4. The maximum absolute atomic E-state index is 11.9. The molecule has 0 saturated heterocycles. The minimum Gasteiger partial charge on any atom is -0.389 e. The second kappa shape index (κ2) is 8.43. The van der Waals surface area contributed by atoms with Crippen molar-refractivity contribution < 1.29 is 19.8 Å². The Bertz CT molecular complexity index is 603. The number of benzene rings is 2. The van der Waals surface area contributed by atoms with Crippen LogP contribution >= 0.6 is 0 Å². The van der Waals surface area contributed by atoms with Gasteiger partial charge in [0.25, 0.3) is 0 Å². The average molecular weight is 315 g/mol. The lowest BCUT2D eigenvalue weighted by Gasteiger charge is -2.20. The molecule has 2 aromatic rings. The number of aliphatic hydroxyl groups excluding tert-OH is 2. The third-order valence-electron chi connectivity index (χ3n) is 3.39. The Labute approximate surface area is 135 Å². The molecule has 0 aliphatic carbocycles. The number of hydrogen-bond acceptors (Lipinski definition) is 5. The van der Waals surface area contributed by atoms with Crippen LogP contribution in [0, 0.1) is 0 Å². The Morgan fingerprint density at radius 1 is 1.04 bits per heavy atom.